The molecule has 9 heteroatoms. The Morgan fingerprint density at radius 3 is 2.56 bits per heavy atom. The van der Waals surface area contributed by atoms with Crippen molar-refractivity contribution < 1.29 is 9.18 Å². The zero-order valence-electron chi connectivity index (χ0n) is 18.1. The van der Waals surface area contributed by atoms with Crippen molar-refractivity contribution in [2.45, 2.75) is 22.8 Å². The highest BCUT2D eigenvalue weighted by Crippen LogP contribution is 2.25. The number of nitriles is 1. The van der Waals surface area contributed by atoms with Crippen LogP contribution in [0.5, 0.6) is 0 Å². The third-order valence-electron chi connectivity index (χ3n) is 5.03. The Morgan fingerprint density at radius 2 is 1.88 bits per heavy atom. The van der Waals surface area contributed by atoms with Crippen LogP contribution < -0.4 is 11.1 Å². The molecule has 4 rings (SSSR count). The van der Waals surface area contributed by atoms with Gasteiger partial charge in [0.05, 0.1) is 11.4 Å². The summed E-state index contributed by atoms with van der Waals surface area (Å²) >= 11 is 1.53. The second-order valence-corrected chi connectivity index (χ2v) is 8.45. The summed E-state index contributed by atoms with van der Waals surface area (Å²) in [5.41, 5.74) is 8.04. The van der Waals surface area contributed by atoms with E-state index >= 15 is 0 Å². The molecule has 0 aliphatic rings. The number of pyridine rings is 1. The molecule has 0 fully saturated rings. The van der Waals surface area contributed by atoms with Crippen LogP contribution in [0.3, 0.4) is 0 Å². The fourth-order valence-electron chi connectivity index (χ4n) is 3.32. The average molecular weight is 473 g/mol. The van der Waals surface area contributed by atoms with Crippen molar-refractivity contribution in [3.05, 3.63) is 95.6 Å². The number of nitrogens with two attached hydrogens (primary N) is 1. The highest BCUT2D eigenvalue weighted by molar-refractivity contribution is 7.99. The smallest absolute Gasteiger partial charge is 0.251 e. The molecule has 2 aromatic carbocycles. The first kappa shape index (κ1) is 23.0. The van der Waals surface area contributed by atoms with Gasteiger partial charge in [0, 0.05) is 23.2 Å². The molecular weight excluding hydrogens is 451 g/mol. The van der Waals surface area contributed by atoms with Crippen LogP contribution in [0, 0.1) is 17.1 Å². The number of carbonyl (C=O) groups is 1. The fourth-order valence-corrected chi connectivity index (χ4v) is 4.09. The molecule has 0 unspecified atom stereocenters. The van der Waals surface area contributed by atoms with Crippen molar-refractivity contribution in [1.82, 2.24) is 20.1 Å². The molecule has 0 bridgehead atoms. The molecule has 2 heterocycles. The summed E-state index contributed by atoms with van der Waals surface area (Å²) in [4.78, 5) is 17.7. The number of nitrogens with zero attached hydrogens (tertiary/aromatic N) is 4. The fraction of sp³-hybridized carbons (Fsp3) is 0.120. The Bertz CT molecular complexity index is 1310. The van der Waals surface area contributed by atoms with Gasteiger partial charge in [-0.1, -0.05) is 17.8 Å². The number of anilines is 1. The minimum Gasteiger partial charge on any atom is -0.382 e. The number of rotatable bonds is 8. The van der Waals surface area contributed by atoms with Gasteiger partial charge < -0.3 is 11.1 Å². The van der Waals surface area contributed by atoms with Crippen LogP contribution in [0.15, 0.2) is 82.8 Å². The van der Waals surface area contributed by atoms with E-state index < -0.39 is 0 Å². The first-order chi connectivity index (χ1) is 16.5. The van der Waals surface area contributed by atoms with Gasteiger partial charge in [0.25, 0.3) is 5.91 Å². The van der Waals surface area contributed by atoms with Gasteiger partial charge >= 0.3 is 0 Å². The average Bonchev–Trinajstić information content (AvgIpc) is 3.18. The number of aromatic nitrogens is 3. The number of nitrogen functional groups attached to an aromatic ring is 1. The van der Waals surface area contributed by atoms with E-state index in [1.807, 2.05) is 30.3 Å². The Hall–Kier alpha value is -4.16. The first-order valence-electron chi connectivity index (χ1n) is 10.6. The van der Waals surface area contributed by atoms with Crippen molar-refractivity contribution in [1.29, 1.82) is 5.26 Å². The second-order valence-electron chi connectivity index (χ2n) is 7.36. The molecule has 4 aromatic rings. The first-order valence-corrected chi connectivity index (χ1v) is 11.4. The number of halogens is 1. The van der Waals surface area contributed by atoms with E-state index in [1.54, 1.807) is 30.5 Å². The van der Waals surface area contributed by atoms with Crippen molar-refractivity contribution in [2.75, 3.05) is 12.3 Å². The Kier molecular flexibility index (Phi) is 7.20. The van der Waals surface area contributed by atoms with Gasteiger partial charge in [0.15, 0.2) is 0 Å². The molecule has 1 amide bonds. The van der Waals surface area contributed by atoms with Crippen LogP contribution >= 0.6 is 11.8 Å². The standard InChI is InChI=1S/C25H21FN6OS/c26-18-8-10-19(11-9-18)32-24(28)21(16-27)22(31-32)4-3-15-30-25(33)17-6-12-20(13-7-17)34-23-5-1-2-14-29-23/h1-2,5-14H,3-4,15,28H2,(H,30,33). The summed E-state index contributed by atoms with van der Waals surface area (Å²) < 4.78 is 14.6. The molecular formula is C25H21FN6OS. The lowest BCUT2D eigenvalue weighted by molar-refractivity contribution is 0.0953. The third-order valence-corrected chi connectivity index (χ3v) is 5.99. The van der Waals surface area contributed by atoms with Gasteiger partial charge in [-0.3, -0.25) is 4.79 Å². The summed E-state index contributed by atoms with van der Waals surface area (Å²) in [5, 5.41) is 17.7. The predicted octanol–water partition coefficient (Wildman–Crippen LogP) is 4.37. The van der Waals surface area contributed by atoms with E-state index in [9.17, 15) is 14.4 Å². The molecule has 0 aliphatic carbocycles. The van der Waals surface area contributed by atoms with E-state index in [0.717, 1.165) is 9.92 Å². The molecule has 0 radical (unpaired) electrons. The highest BCUT2D eigenvalue weighted by Gasteiger charge is 2.16. The zero-order chi connectivity index (χ0) is 23.9. The van der Waals surface area contributed by atoms with Crippen LogP contribution in [0.25, 0.3) is 5.69 Å². The number of amides is 1. The van der Waals surface area contributed by atoms with E-state index in [1.165, 1.54) is 28.6 Å². The van der Waals surface area contributed by atoms with Gasteiger partial charge in [-0.2, -0.15) is 10.4 Å². The van der Waals surface area contributed by atoms with Crippen LogP contribution in [-0.2, 0) is 6.42 Å². The van der Waals surface area contributed by atoms with E-state index in [-0.39, 0.29) is 23.1 Å². The maximum Gasteiger partial charge on any atom is 0.251 e. The molecule has 3 N–H and O–H groups in total. The van der Waals surface area contributed by atoms with Gasteiger partial charge in [0.1, 0.15) is 28.3 Å². The SMILES string of the molecule is N#Cc1c(CCCNC(=O)c2ccc(Sc3ccccn3)cc2)nn(-c2ccc(F)cc2)c1N. The monoisotopic (exact) mass is 472 g/mol. The minimum absolute atomic E-state index is 0.175. The minimum atomic E-state index is -0.368. The Labute approximate surface area is 200 Å². The normalized spacial score (nSPS) is 10.6. The molecule has 170 valence electrons. The third kappa shape index (κ3) is 5.42. The second kappa shape index (κ2) is 10.6. The Morgan fingerprint density at radius 1 is 1.12 bits per heavy atom. The summed E-state index contributed by atoms with van der Waals surface area (Å²) in [5.74, 6) is -0.337. The molecule has 0 saturated carbocycles. The molecule has 0 saturated heterocycles. The van der Waals surface area contributed by atoms with Crippen molar-refractivity contribution in [3.63, 3.8) is 0 Å². The number of hydrogen-bond donors (Lipinski definition) is 2. The molecule has 0 atom stereocenters. The van der Waals surface area contributed by atoms with Crippen LogP contribution in [-0.4, -0.2) is 27.2 Å². The predicted molar refractivity (Wildman–Crippen MR) is 128 cm³/mol. The van der Waals surface area contributed by atoms with E-state index in [2.05, 4.69) is 21.5 Å². The number of hydrogen-bond acceptors (Lipinski definition) is 6. The van der Waals surface area contributed by atoms with Gasteiger partial charge in [0.2, 0.25) is 0 Å². The topological polar surface area (TPSA) is 110 Å². The quantitative estimate of drug-likeness (QED) is 0.369. The molecule has 7 nitrogen and oxygen atoms in total. The van der Waals surface area contributed by atoms with Crippen molar-refractivity contribution >= 4 is 23.5 Å². The summed E-state index contributed by atoms with van der Waals surface area (Å²) in [6.07, 6.45) is 2.78. The van der Waals surface area contributed by atoms with E-state index in [0.29, 0.717) is 36.3 Å². The van der Waals surface area contributed by atoms with Crippen LogP contribution in [0.4, 0.5) is 10.2 Å². The lowest BCUT2D eigenvalue weighted by Gasteiger charge is -2.06. The van der Waals surface area contributed by atoms with Crippen molar-refractivity contribution in [2.24, 2.45) is 0 Å². The molecule has 2 aromatic heterocycles. The highest BCUT2D eigenvalue weighted by atomic mass is 32.2. The van der Waals surface area contributed by atoms with Gasteiger partial charge in [-0.05, 0) is 73.5 Å². The lowest BCUT2D eigenvalue weighted by atomic mass is 10.1. The maximum absolute atomic E-state index is 13.2. The van der Waals surface area contributed by atoms with Crippen molar-refractivity contribution in [3.8, 4) is 11.8 Å². The summed E-state index contributed by atoms with van der Waals surface area (Å²) in [6.45, 7) is 0.414. The van der Waals surface area contributed by atoms with Gasteiger partial charge in [-0.15, -0.1) is 0 Å². The number of benzene rings is 2. The van der Waals surface area contributed by atoms with Crippen LogP contribution in [0.2, 0.25) is 0 Å². The lowest BCUT2D eigenvalue weighted by Crippen LogP contribution is -2.24. The molecule has 34 heavy (non-hydrogen) atoms. The number of nitrogens with one attached hydrogen (secondary N) is 1. The summed E-state index contributed by atoms with van der Waals surface area (Å²) in [7, 11) is 0. The number of aryl methyl sites for hydroxylation is 1. The molecule has 0 spiro atoms. The van der Waals surface area contributed by atoms with E-state index in [4.69, 9.17) is 5.73 Å². The number of carbonyl (C=O) groups excluding carboxylic acids is 1. The summed E-state index contributed by atoms with van der Waals surface area (Å²) in [6, 6.07) is 20.8. The van der Waals surface area contributed by atoms with Gasteiger partial charge in [-0.25, -0.2) is 14.1 Å². The Balaban J connectivity index is 1.32. The van der Waals surface area contributed by atoms with Crippen LogP contribution in [0.1, 0.15) is 28.0 Å². The largest absolute Gasteiger partial charge is 0.382 e. The maximum atomic E-state index is 13.2. The molecule has 0 aliphatic heterocycles. The zero-order valence-corrected chi connectivity index (χ0v) is 18.9.